The van der Waals surface area contributed by atoms with Gasteiger partial charge in [-0.15, -0.1) is 0 Å². The summed E-state index contributed by atoms with van der Waals surface area (Å²) in [4.78, 5) is 14.3. The maximum absolute atomic E-state index is 12.0. The Morgan fingerprint density at radius 1 is 1.56 bits per heavy atom. The molecule has 94 valence electrons. The Balaban J connectivity index is 2.79. The van der Waals surface area contributed by atoms with Crippen LogP contribution in [-0.4, -0.2) is 50.1 Å². The van der Waals surface area contributed by atoms with Crippen molar-refractivity contribution >= 4 is 5.91 Å². The van der Waals surface area contributed by atoms with E-state index in [-0.39, 0.29) is 17.4 Å². The summed E-state index contributed by atoms with van der Waals surface area (Å²) in [5, 5.41) is 6.15. The van der Waals surface area contributed by atoms with Gasteiger partial charge in [0.2, 0.25) is 5.91 Å². The normalized spacial score (nSPS) is 26.2. The van der Waals surface area contributed by atoms with E-state index < -0.39 is 0 Å². The molecule has 1 atom stereocenters. The molecule has 1 heterocycles. The van der Waals surface area contributed by atoms with Gasteiger partial charge in [0.1, 0.15) is 6.04 Å². The Hall–Kier alpha value is -0.610. The van der Waals surface area contributed by atoms with E-state index in [4.69, 9.17) is 0 Å². The number of amides is 1. The maximum Gasteiger partial charge on any atom is 0.238 e. The molecule has 16 heavy (non-hydrogen) atoms. The van der Waals surface area contributed by atoms with Crippen molar-refractivity contribution in [2.24, 2.45) is 5.41 Å². The lowest BCUT2D eigenvalue weighted by Crippen LogP contribution is -2.50. The van der Waals surface area contributed by atoms with Crippen LogP contribution < -0.4 is 10.6 Å². The van der Waals surface area contributed by atoms with Crippen molar-refractivity contribution in [1.82, 2.24) is 15.5 Å². The molecule has 0 bridgehead atoms. The minimum atomic E-state index is -0.0216. The fourth-order valence-corrected chi connectivity index (χ4v) is 2.26. The molecule has 4 nitrogen and oxygen atoms in total. The Morgan fingerprint density at radius 3 is 2.81 bits per heavy atom. The molecule has 1 unspecified atom stereocenters. The van der Waals surface area contributed by atoms with Crippen LogP contribution in [0.5, 0.6) is 0 Å². The number of carbonyl (C=O) groups excluding carboxylic acids is 1. The van der Waals surface area contributed by atoms with E-state index in [1.165, 1.54) is 0 Å². The Labute approximate surface area is 98.8 Å². The summed E-state index contributed by atoms with van der Waals surface area (Å²) in [6.45, 7) is 10.0. The summed E-state index contributed by atoms with van der Waals surface area (Å²) in [6, 6.07) is -0.0216. The van der Waals surface area contributed by atoms with Crippen molar-refractivity contribution in [3.63, 3.8) is 0 Å². The first-order valence-electron chi connectivity index (χ1n) is 6.16. The third-order valence-corrected chi connectivity index (χ3v) is 3.02. The van der Waals surface area contributed by atoms with Gasteiger partial charge >= 0.3 is 0 Å². The molecule has 0 aromatic rings. The highest BCUT2D eigenvalue weighted by Crippen LogP contribution is 2.20. The molecule has 1 aliphatic heterocycles. The second-order valence-electron chi connectivity index (χ2n) is 5.43. The van der Waals surface area contributed by atoms with Crippen LogP contribution in [0.4, 0.5) is 0 Å². The number of rotatable bonds is 4. The van der Waals surface area contributed by atoms with Gasteiger partial charge in [-0.25, -0.2) is 0 Å². The molecule has 0 aromatic heterocycles. The number of hydrogen-bond acceptors (Lipinski definition) is 3. The summed E-state index contributed by atoms with van der Waals surface area (Å²) in [5.41, 5.74) is 0.160. The van der Waals surface area contributed by atoms with Crippen molar-refractivity contribution in [3.05, 3.63) is 0 Å². The molecule has 0 spiro atoms. The van der Waals surface area contributed by atoms with Crippen LogP contribution in [-0.2, 0) is 4.79 Å². The summed E-state index contributed by atoms with van der Waals surface area (Å²) < 4.78 is 0. The highest BCUT2D eigenvalue weighted by atomic mass is 16.2. The van der Waals surface area contributed by atoms with E-state index in [0.717, 1.165) is 32.6 Å². The fourth-order valence-electron chi connectivity index (χ4n) is 2.26. The number of carbonyl (C=O) groups is 1. The predicted octanol–water partition coefficient (Wildman–Crippen LogP) is 0.442. The minimum absolute atomic E-state index is 0.0216. The number of hydrogen-bond donors (Lipinski definition) is 2. The summed E-state index contributed by atoms with van der Waals surface area (Å²) in [6.07, 6.45) is 1.09. The third-order valence-electron chi connectivity index (χ3n) is 3.02. The van der Waals surface area contributed by atoms with E-state index >= 15 is 0 Å². The lowest BCUT2D eigenvalue weighted by Gasteiger charge is -2.32. The van der Waals surface area contributed by atoms with E-state index in [1.54, 1.807) is 0 Å². The SMILES string of the molecule is CCCN1CC(C)(C)CNC(=O)C1CNC. The molecule has 0 aromatic carbocycles. The Bertz CT molecular complexity index is 240. The first kappa shape index (κ1) is 13.5. The molecule has 0 saturated carbocycles. The van der Waals surface area contributed by atoms with Crippen LogP contribution in [0.1, 0.15) is 27.2 Å². The molecule has 1 aliphatic rings. The molecule has 1 amide bonds. The monoisotopic (exact) mass is 227 g/mol. The predicted molar refractivity (Wildman–Crippen MR) is 66.4 cm³/mol. The van der Waals surface area contributed by atoms with Gasteiger partial charge in [-0.1, -0.05) is 20.8 Å². The fraction of sp³-hybridized carbons (Fsp3) is 0.917. The average Bonchev–Trinajstić information content (AvgIpc) is 2.30. The van der Waals surface area contributed by atoms with Crippen molar-refractivity contribution in [2.75, 3.05) is 33.2 Å². The summed E-state index contributed by atoms with van der Waals surface area (Å²) >= 11 is 0. The van der Waals surface area contributed by atoms with Gasteiger partial charge in [-0.05, 0) is 25.4 Å². The smallest absolute Gasteiger partial charge is 0.238 e. The van der Waals surface area contributed by atoms with E-state index in [0.29, 0.717) is 0 Å². The molecule has 1 saturated heterocycles. The van der Waals surface area contributed by atoms with Gasteiger partial charge < -0.3 is 10.6 Å². The van der Waals surface area contributed by atoms with E-state index in [2.05, 4.69) is 36.3 Å². The van der Waals surface area contributed by atoms with Crippen LogP contribution in [0.3, 0.4) is 0 Å². The van der Waals surface area contributed by atoms with Crippen LogP contribution in [0.25, 0.3) is 0 Å². The second kappa shape index (κ2) is 5.64. The Morgan fingerprint density at radius 2 is 2.25 bits per heavy atom. The Kier molecular flexibility index (Phi) is 4.74. The third kappa shape index (κ3) is 3.46. The molecule has 2 N–H and O–H groups in total. The zero-order chi connectivity index (χ0) is 12.2. The molecule has 1 rings (SSSR count). The summed E-state index contributed by atoms with van der Waals surface area (Å²) in [5.74, 6) is 0.161. The molecule has 0 radical (unpaired) electrons. The van der Waals surface area contributed by atoms with Crippen molar-refractivity contribution in [3.8, 4) is 0 Å². The van der Waals surface area contributed by atoms with Gasteiger partial charge in [0.15, 0.2) is 0 Å². The van der Waals surface area contributed by atoms with Crippen LogP contribution >= 0.6 is 0 Å². The largest absolute Gasteiger partial charge is 0.354 e. The van der Waals surface area contributed by atoms with Crippen molar-refractivity contribution in [1.29, 1.82) is 0 Å². The average molecular weight is 227 g/mol. The second-order valence-corrected chi connectivity index (χ2v) is 5.43. The molecule has 1 fully saturated rings. The highest BCUT2D eigenvalue weighted by molar-refractivity contribution is 5.82. The summed E-state index contributed by atoms with van der Waals surface area (Å²) in [7, 11) is 1.90. The van der Waals surface area contributed by atoms with Crippen LogP contribution in [0.15, 0.2) is 0 Å². The molecule has 0 aliphatic carbocycles. The van der Waals surface area contributed by atoms with Crippen LogP contribution in [0.2, 0.25) is 0 Å². The molecule has 4 heteroatoms. The van der Waals surface area contributed by atoms with Crippen molar-refractivity contribution in [2.45, 2.75) is 33.2 Å². The number of nitrogens with zero attached hydrogens (tertiary/aromatic N) is 1. The van der Waals surface area contributed by atoms with Gasteiger partial charge in [0.05, 0.1) is 0 Å². The molecular formula is C12H25N3O. The lowest BCUT2D eigenvalue weighted by atomic mass is 9.93. The zero-order valence-corrected chi connectivity index (χ0v) is 11.0. The topological polar surface area (TPSA) is 44.4 Å². The first-order chi connectivity index (χ1) is 7.50. The van der Waals surface area contributed by atoms with Gasteiger partial charge in [-0.2, -0.15) is 0 Å². The van der Waals surface area contributed by atoms with E-state index in [9.17, 15) is 4.79 Å². The number of nitrogens with one attached hydrogen (secondary N) is 2. The lowest BCUT2D eigenvalue weighted by molar-refractivity contribution is -0.125. The van der Waals surface area contributed by atoms with Gasteiger partial charge in [0, 0.05) is 19.6 Å². The molecular weight excluding hydrogens is 202 g/mol. The number of likely N-dealkylation sites (N-methyl/N-ethyl adjacent to an activating group) is 1. The first-order valence-corrected chi connectivity index (χ1v) is 6.16. The van der Waals surface area contributed by atoms with Gasteiger partial charge in [0.25, 0.3) is 0 Å². The quantitative estimate of drug-likeness (QED) is 0.732. The highest BCUT2D eigenvalue weighted by Gasteiger charge is 2.34. The van der Waals surface area contributed by atoms with E-state index in [1.807, 2.05) is 7.05 Å². The zero-order valence-electron chi connectivity index (χ0n) is 11.0. The van der Waals surface area contributed by atoms with Crippen molar-refractivity contribution < 1.29 is 4.79 Å². The minimum Gasteiger partial charge on any atom is -0.354 e. The van der Waals surface area contributed by atoms with Crippen LogP contribution in [0, 0.1) is 5.41 Å². The van der Waals surface area contributed by atoms with Gasteiger partial charge in [-0.3, -0.25) is 9.69 Å². The standard InChI is InChI=1S/C12H25N3O/c1-5-6-15-9-12(2,3)8-14-11(16)10(15)7-13-4/h10,13H,5-9H2,1-4H3,(H,14,16). The maximum atomic E-state index is 12.0.